The normalized spacial score (nSPS) is 17.2. The monoisotopic (exact) mass is 221 g/mol. The Morgan fingerprint density at radius 2 is 2.19 bits per heavy atom. The van der Waals surface area contributed by atoms with Gasteiger partial charge in [0.15, 0.2) is 5.82 Å². The zero-order valence-corrected chi connectivity index (χ0v) is 9.09. The molecule has 6 heteroatoms. The highest BCUT2D eigenvalue weighted by Gasteiger charge is 2.11. The number of nitriles is 1. The van der Waals surface area contributed by atoms with Crippen LogP contribution in [0.1, 0.15) is 5.56 Å². The van der Waals surface area contributed by atoms with Crippen molar-refractivity contribution in [3.63, 3.8) is 0 Å². The van der Waals surface area contributed by atoms with Crippen LogP contribution >= 0.6 is 0 Å². The Bertz CT molecular complexity index is 388. The van der Waals surface area contributed by atoms with Gasteiger partial charge in [0, 0.05) is 25.8 Å². The van der Waals surface area contributed by atoms with E-state index in [4.69, 9.17) is 15.7 Å². The van der Waals surface area contributed by atoms with E-state index in [1.807, 2.05) is 6.07 Å². The van der Waals surface area contributed by atoms with E-state index in [0.29, 0.717) is 11.4 Å². The number of nitrogens with zero attached hydrogens (tertiary/aromatic N) is 4. The molecule has 1 aromatic heterocycles. The molecule has 0 aliphatic carbocycles. The molecule has 0 amide bonds. The molecule has 0 saturated carbocycles. The molecule has 86 valence electrons. The molecule has 0 spiro atoms. The first-order valence-corrected chi connectivity index (χ1v) is 5.33. The molecule has 0 radical (unpaired) electrons. The molecule has 0 atom stereocenters. The van der Waals surface area contributed by atoms with Crippen LogP contribution in [0.15, 0.2) is 6.20 Å². The fourth-order valence-electron chi connectivity index (χ4n) is 1.71. The molecule has 1 aromatic rings. The van der Waals surface area contributed by atoms with Crippen LogP contribution in [0.2, 0.25) is 0 Å². The van der Waals surface area contributed by atoms with Crippen molar-refractivity contribution in [1.29, 1.82) is 5.26 Å². The number of hydrogen-bond acceptors (Lipinski definition) is 5. The zero-order chi connectivity index (χ0) is 11.4. The lowest BCUT2D eigenvalue weighted by Gasteiger charge is -2.26. The molecule has 1 aliphatic rings. The molecule has 1 fully saturated rings. The summed E-state index contributed by atoms with van der Waals surface area (Å²) in [7, 11) is 0. The molecule has 2 heterocycles. The average molecular weight is 221 g/mol. The second-order valence-corrected chi connectivity index (χ2v) is 3.76. The van der Waals surface area contributed by atoms with E-state index < -0.39 is 0 Å². The number of morpholine rings is 1. The van der Waals surface area contributed by atoms with E-state index in [1.54, 1.807) is 10.9 Å². The summed E-state index contributed by atoms with van der Waals surface area (Å²) in [6, 6.07) is 2.01. The number of aromatic nitrogens is 2. The lowest BCUT2D eigenvalue weighted by atomic mass is 10.4. The van der Waals surface area contributed by atoms with Gasteiger partial charge in [0.25, 0.3) is 0 Å². The van der Waals surface area contributed by atoms with E-state index in [0.717, 1.165) is 39.4 Å². The minimum absolute atomic E-state index is 0.310. The number of hydrogen-bond donors (Lipinski definition) is 1. The summed E-state index contributed by atoms with van der Waals surface area (Å²) < 4.78 is 6.99. The first kappa shape index (κ1) is 10.9. The van der Waals surface area contributed by atoms with E-state index in [9.17, 15) is 0 Å². The van der Waals surface area contributed by atoms with Crippen molar-refractivity contribution >= 4 is 5.82 Å². The Balaban J connectivity index is 1.86. The summed E-state index contributed by atoms with van der Waals surface area (Å²) in [6.45, 7) is 5.18. The van der Waals surface area contributed by atoms with E-state index in [-0.39, 0.29) is 0 Å². The lowest BCUT2D eigenvalue weighted by Crippen LogP contribution is -2.38. The maximum Gasteiger partial charge on any atom is 0.163 e. The van der Waals surface area contributed by atoms with Gasteiger partial charge in [-0.2, -0.15) is 10.4 Å². The van der Waals surface area contributed by atoms with Crippen molar-refractivity contribution in [3.8, 4) is 6.07 Å². The number of ether oxygens (including phenoxy) is 1. The van der Waals surface area contributed by atoms with E-state index >= 15 is 0 Å². The van der Waals surface area contributed by atoms with Crippen molar-refractivity contribution in [3.05, 3.63) is 11.8 Å². The number of rotatable bonds is 3. The van der Waals surface area contributed by atoms with Gasteiger partial charge in [0.2, 0.25) is 0 Å². The van der Waals surface area contributed by atoms with Gasteiger partial charge in [-0.25, -0.2) is 0 Å². The largest absolute Gasteiger partial charge is 0.381 e. The molecule has 0 aromatic carbocycles. The van der Waals surface area contributed by atoms with Crippen LogP contribution in [-0.4, -0.2) is 47.5 Å². The first-order valence-electron chi connectivity index (χ1n) is 5.33. The molecule has 2 rings (SSSR count). The third kappa shape index (κ3) is 2.51. The van der Waals surface area contributed by atoms with Gasteiger partial charge in [0.1, 0.15) is 11.6 Å². The molecular weight excluding hydrogens is 206 g/mol. The Morgan fingerprint density at radius 3 is 2.81 bits per heavy atom. The van der Waals surface area contributed by atoms with Crippen molar-refractivity contribution in [2.75, 3.05) is 38.6 Å². The number of nitrogens with two attached hydrogens (primary N) is 1. The van der Waals surface area contributed by atoms with Crippen molar-refractivity contribution < 1.29 is 4.74 Å². The van der Waals surface area contributed by atoms with Crippen LogP contribution in [0.3, 0.4) is 0 Å². The van der Waals surface area contributed by atoms with Gasteiger partial charge in [-0.05, 0) is 0 Å². The predicted octanol–water partition coefficient (Wildman–Crippen LogP) is -0.331. The molecule has 16 heavy (non-hydrogen) atoms. The highest BCUT2D eigenvalue weighted by molar-refractivity contribution is 5.46. The topological polar surface area (TPSA) is 80.1 Å². The van der Waals surface area contributed by atoms with Gasteiger partial charge in [-0.15, -0.1) is 0 Å². The van der Waals surface area contributed by atoms with Crippen molar-refractivity contribution in [2.45, 2.75) is 6.54 Å². The van der Waals surface area contributed by atoms with Crippen molar-refractivity contribution in [2.24, 2.45) is 0 Å². The number of anilines is 1. The summed E-state index contributed by atoms with van der Waals surface area (Å²) in [5, 5.41) is 12.8. The standard InChI is InChI=1S/C10H15N5O/c11-7-9-8-15(13-10(9)12)2-1-14-3-5-16-6-4-14/h8H,1-6H2,(H2,12,13). The molecule has 6 nitrogen and oxygen atoms in total. The summed E-state index contributed by atoms with van der Waals surface area (Å²) in [5.74, 6) is 0.310. The van der Waals surface area contributed by atoms with E-state index in [2.05, 4.69) is 10.00 Å². The van der Waals surface area contributed by atoms with Crippen LogP contribution in [0.25, 0.3) is 0 Å². The van der Waals surface area contributed by atoms with Crippen LogP contribution in [0.4, 0.5) is 5.82 Å². The van der Waals surface area contributed by atoms with Gasteiger partial charge < -0.3 is 10.5 Å². The molecule has 2 N–H and O–H groups in total. The fourth-order valence-corrected chi connectivity index (χ4v) is 1.71. The Morgan fingerprint density at radius 1 is 1.44 bits per heavy atom. The third-order valence-corrected chi connectivity index (χ3v) is 2.66. The second-order valence-electron chi connectivity index (χ2n) is 3.76. The minimum atomic E-state index is 0.310. The third-order valence-electron chi connectivity index (χ3n) is 2.66. The highest BCUT2D eigenvalue weighted by Crippen LogP contribution is 2.06. The predicted molar refractivity (Wildman–Crippen MR) is 58.6 cm³/mol. The highest BCUT2D eigenvalue weighted by atomic mass is 16.5. The molecule has 1 aliphatic heterocycles. The lowest BCUT2D eigenvalue weighted by molar-refractivity contribution is 0.0360. The summed E-state index contributed by atoms with van der Waals surface area (Å²) in [6.07, 6.45) is 1.69. The van der Waals surface area contributed by atoms with Gasteiger partial charge in [-0.3, -0.25) is 9.58 Å². The van der Waals surface area contributed by atoms with Gasteiger partial charge >= 0.3 is 0 Å². The molecule has 0 bridgehead atoms. The number of nitrogen functional groups attached to an aromatic ring is 1. The minimum Gasteiger partial charge on any atom is -0.381 e. The van der Waals surface area contributed by atoms with E-state index in [1.165, 1.54) is 0 Å². The summed E-state index contributed by atoms with van der Waals surface area (Å²) >= 11 is 0. The molecule has 0 unspecified atom stereocenters. The fraction of sp³-hybridized carbons (Fsp3) is 0.600. The second kappa shape index (κ2) is 4.96. The van der Waals surface area contributed by atoms with Crippen LogP contribution in [0.5, 0.6) is 0 Å². The smallest absolute Gasteiger partial charge is 0.163 e. The molecule has 1 saturated heterocycles. The van der Waals surface area contributed by atoms with Crippen LogP contribution < -0.4 is 5.73 Å². The van der Waals surface area contributed by atoms with Crippen LogP contribution in [-0.2, 0) is 11.3 Å². The van der Waals surface area contributed by atoms with Gasteiger partial charge in [-0.1, -0.05) is 0 Å². The first-order chi connectivity index (χ1) is 7.79. The Kier molecular flexibility index (Phi) is 3.39. The molecular formula is C10H15N5O. The zero-order valence-electron chi connectivity index (χ0n) is 9.09. The SMILES string of the molecule is N#Cc1cn(CCN2CCOCC2)nc1N. The Labute approximate surface area is 94.2 Å². The summed E-state index contributed by atoms with van der Waals surface area (Å²) in [4.78, 5) is 2.31. The maximum absolute atomic E-state index is 8.74. The quantitative estimate of drug-likeness (QED) is 0.756. The average Bonchev–Trinajstić information content (AvgIpc) is 2.69. The van der Waals surface area contributed by atoms with Crippen LogP contribution in [0, 0.1) is 11.3 Å². The summed E-state index contributed by atoms with van der Waals surface area (Å²) in [5.41, 5.74) is 6.02. The van der Waals surface area contributed by atoms with Crippen molar-refractivity contribution in [1.82, 2.24) is 14.7 Å². The van der Waals surface area contributed by atoms with Gasteiger partial charge in [0.05, 0.1) is 19.8 Å². The Hall–Kier alpha value is -1.58. The maximum atomic E-state index is 8.74.